The maximum atomic E-state index is 11.5. The second-order valence-corrected chi connectivity index (χ2v) is 3.98. The highest BCUT2D eigenvalue weighted by Crippen LogP contribution is 2.27. The number of benzene rings is 1. The van der Waals surface area contributed by atoms with Crippen LogP contribution in [-0.2, 0) is 4.79 Å². The summed E-state index contributed by atoms with van der Waals surface area (Å²) in [6, 6.07) is 7.19. The Hall–Kier alpha value is -1.65. The van der Waals surface area contributed by atoms with Crippen LogP contribution in [-0.4, -0.2) is 24.5 Å². The summed E-state index contributed by atoms with van der Waals surface area (Å²) in [5.41, 5.74) is 1.37. The molecule has 2 aromatic rings. The number of nitrogens with one attached hydrogen (secondary N) is 2. The molecule has 4 nitrogen and oxygen atoms in total. The molecular weight excluding hydrogens is 238 g/mol. The number of amides is 1. The fourth-order valence-corrected chi connectivity index (χ4v) is 1.81. The summed E-state index contributed by atoms with van der Waals surface area (Å²) >= 11 is 6.06. The van der Waals surface area contributed by atoms with Gasteiger partial charge in [-0.3, -0.25) is 9.78 Å². The van der Waals surface area contributed by atoms with Gasteiger partial charge in [0.05, 0.1) is 22.8 Å². The van der Waals surface area contributed by atoms with Crippen LogP contribution in [0.3, 0.4) is 0 Å². The average molecular weight is 250 g/mol. The Morgan fingerprint density at radius 2 is 2.24 bits per heavy atom. The minimum Gasteiger partial charge on any atom is -0.323 e. The van der Waals surface area contributed by atoms with E-state index in [0.717, 1.165) is 5.39 Å². The molecule has 1 aromatic heterocycles. The standard InChI is InChI=1S/C12H12ClN3O/c1-14-7-11(17)16-10-5-4-9(13)8-3-2-6-15-12(8)10/h2-6,14H,7H2,1H3,(H,16,17). The van der Waals surface area contributed by atoms with Crippen molar-refractivity contribution in [1.29, 1.82) is 0 Å². The lowest BCUT2D eigenvalue weighted by molar-refractivity contribution is -0.115. The molecule has 0 saturated carbocycles. The molecule has 5 heteroatoms. The molecule has 1 heterocycles. The van der Waals surface area contributed by atoms with E-state index in [9.17, 15) is 4.79 Å². The molecule has 0 bridgehead atoms. The van der Waals surface area contributed by atoms with E-state index in [1.165, 1.54) is 0 Å². The molecule has 0 spiro atoms. The van der Waals surface area contributed by atoms with Gasteiger partial charge in [-0.15, -0.1) is 0 Å². The zero-order valence-corrected chi connectivity index (χ0v) is 10.1. The molecule has 2 N–H and O–H groups in total. The third kappa shape index (κ3) is 2.54. The number of carbonyl (C=O) groups excluding carboxylic acids is 1. The van der Waals surface area contributed by atoms with Gasteiger partial charge in [-0.05, 0) is 31.3 Å². The Morgan fingerprint density at radius 3 is 3.00 bits per heavy atom. The van der Waals surface area contributed by atoms with Crippen LogP contribution in [0, 0.1) is 0 Å². The van der Waals surface area contributed by atoms with Crippen molar-refractivity contribution in [3.63, 3.8) is 0 Å². The topological polar surface area (TPSA) is 54.0 Å². The smallest absolute Gasteiger partial charge is 0.238 e. The lowest BCUT2D eigenvalue weighted by Crippen LogP contribution is -2.25. The summed E-state index contributed by atoms with van der Waals surface area (Å²) in [5, 5.41) is 7.03. The van der Waals surface area contributed by atoms with E-state index in [-0.39, 0.29) is 12.5 Å². The average Bonchev–Trinajstić information content (AvgIpc) is 2.34. The molecule has 0 saturated heterocycles. The molecule has 0 unspecified atom stereocenters. The summed E-state index contributed by atoms with van der Waals surface area (Å²) in [6.45, 7) is 0.261. The van der Waals surface area contributed by atoms with Crippen molar-refractivity contribution in [3.05, 3.63) is 35.5 Å². The number of likely N-dealkylation sites (N-methyl/N-ethyl adjacent to an activating group) is 1. The Morgan fingerprint density at radius 1 is 1.41 bits per heavy atom. The lowest BCUT2D eigenvalue weighted by atomic mass is 10.2. The van der Waals surface area contributed by atoms with Gasteiger partial charge in [0.2, 0.25) is 5.91 Å². The van der Waals surface area contributed by atoms with Gasteiger partial charge in [0.1, 0.15) is 0 Å². The lowest BCUT2D eigenvalue weighted by Gasteiger charge is -2.08. The zero-order chi connectivity index (χ0) is 12.3. The summed E-state index contributed by atoms with van der Waals surface area (Å²) in [7, 11) is 1.72. The minimum atomic E-state index is -0.109. The van der Waals surface area contributed by atoms with E-state index >= 15 is 0 Å². The number of halogens is 1. The van der Waals surface area contributed by atoms with Crippen LogP contribution in [0.25, 0.3) is 10.9 Å². The molecule has 0 aliphatic rings. The van der Waals surface area contributed by atoms with E-state index in [1.54, 1.807) is 25.4 Å². The van der Waals surface area contributed by atoms with Crippen LogP contribution in [0.15, 0.2) is 30.5 Å². The van der Waals surface area contributed by atoms with Crippen molar-refractivity contribution >= 4 is 34.1 Å². The van der Waals surface area contributed by atoms with Crippen LogP contribution in [0.5, 0.6) is 0 Å². The third-order valence-corrected chi connectivity index (χ3v) is 2.66. The van der Waals surface area contributed by atoms with Crippen molar-refractivity contribution in [3.8, 4) is 0 Å². The molecule has 1 amide bonds. The monoisotopic (exact) mass is 249 g/mol. The van der Waals surface area contributed by atoms with Crippen LogP contribution in [0.2, 0.25) is 5.02 Å². The van der Waals surface area contributed by atoms with E-state index < -0.39 is 0 Å². The molecule has 0 aliphatic carbocycles. The van der Waals surface area contributed by atoms with E-state index in [1.807, 2.05) is 12.1 Å². The molecule has 88 valence electrons. The van der Waals surface area contributed by atoms with Crippen molar-refractivity contribution in [2.45, 2.75) is 0 Å². The number of pyridine rings is 1. The summed E-state index contributed by atoms with van der Waals surface area (Å²) < 4.78 is 0. The SMILES string of the molecule is CNCC(=O)Nc1ccc(Cl)c2cccnc12. The summed E-state index contributed by atoms with van der Waals surface area (Å²) in [6.07, 6.45) is 1.67. The normalized spacial score (nSPS) is 10.5. The molecule has 0 atom stereocenters. The molecule has 2 rings (SSSR count). The van der Waals surface area contributed by atoms with Gasteiger partial charge in [-0.1, -0.05) is 11.6 Å². The predicted octanol–water partition coefficient (Wildman–Crippen LogP) is 2.05. The maximum Gasteiger partial charge on any atom is 0.238 e. The fourth-order valence-electron chi connectivity index (χ4n) is 1.59. The zero-order valence-electron chi connectivity index (χ0n) is 9.33. The number of aromatic nitrogens is 1. The number of nitrogens with zero attached hydrogens (tertiary/aromatic N) is 1. The van der Waals surface area contributed by atoms with Gasteiger partial charge in [-0.25, -0.2) is 0 Å². The second kappa shape index (κ2) is 5.12. The molecule has 1 aromatic carbocycles. The van der Waals surface area contributed by atoms with Crippen molar-refractivity contribution in [2.24, 2.45) is 0 Å². The molecule has 17 heavy (non-hydrogen) atoms. The first-order valence-corrected chi connectivity index (χ1v) is 5.58. The number of hydrogen-bond donors (Lipinski definition) is 2. The minimum absolute atomic E-state index is 0.109. The van der Waals surface area contributed by atoms with E-state index in [0.29, 0.717) is 16.2 Å². The Bertz CT molecular complexity index is 556. The van der Waals surface area contributed by atoms with Gasteiger partial charge < -0.3 is 10.6 Å². The third-order valence-electron chi connectivity index (χ3n) is 2.33. The van der Waals surface area contributed by atoms with E-state index in [4.69, 9.17) is 11.6 Å². The first kappa shape index (κ1) is 11.8. The van der Waals surface area contributed by atoms with Crippen LogP contribution in [0.4, 0.5) is 5.69 Å². The highest BCUT2D eigenvalue weighted by molar-refractivity contribution is 6.35. The van der Waals surface area contributed by atoms with E-state index in [2.05, 4.69) is 15.6 Å². The predicted molar refractivity (Wildman–Crippen MR) is 69.3 cm³/mol. The van der Waals surface area contributed by atoms with Gasteiger partial charge >= 0.3 is 0 Å². The molecule has 0 radical (unpaired) electrons. The van der Waals surface area contributed by atoms with Gasteiger partial charge in [0.15, 0.2) is 0 Å². The highest BCUT2D eigenvalue weighted by atomic mass is 35.5. The number of carbonyl (C=O) groups is 1. The van der Waals surface area contributed by atoms with Crippen LogP contribution >= 0.6 is 11.6 Å². The Kier molecular flexibility index (Phi) is 3.56. The molecule has 0 aliphatic heterocycles. The first-order valence-electron chi connectivity index (χ1n) is 5.20. The number of hydrogen-bond acceptors (Lipinski definition) is 3. The molecular formula is C12H12ClN3O. The number of rotatable bonds is 3. The molecule has 0 fully saturated rings. The summed E-state index contributed by atoms with van der Waals surface area (Å²) in [5.74, 6) is -0.109. The van der Waals surface area contributed by atoms with Crippen molar-refractivity contribution in [2.75, 3.05) is 18.9 Å². The number of fused-ring (bicyclic) bond motifs is 1. The van der Waals surface area contributed by atoms with Crippen molar-refractivity contribution in [1.82, 2.24) is 10.3 Å². The second-order valence-electron chi connectivity index (χ2n) is 3.57. The fraction of sp³-hybridized carbons (Fsp3) is 0.167. The highest BCUT2D eigenvalue weighted by Gasteiger charge is 2.07. The van der Waals surface area contributed by atoms with Crippen LogP contribution in [0.1, 0.15) is 0 Å². The number of anilines is 1. The van der Waals surface area contributed by atoms with Crippen LogP contribution < -0.4 is 10.6 Å². The van der Waals surface area contributed by atoms with Crippen molar-refractivity contribution < 1.29 is 4.79 Å². The Labute approximate surface area is 104 Å². The maximum absolute atomic E-state index is 11.5. The summed E-state index contributed by atoms with van der Waals surface area (Å²) in [4.78, 5) is 15.7. The Balaban J connectivity index is 2.41. The van der Waals surface area contributed by atoms with Gasteiger partial charge in [0.25, 0.3) is 0 Å². The largest absolute Gasteiger partial charge is 0.323 e. The first-order chi connectivity index (χ1) is 8.22. The van der Waals surface area contributed by atoms with Gasteiger partial charge in [-0.2, -0.15) is 0 Å². The van der Waals surface area contributed by atoms with Gasteiger partial charge in [0, 0.05) is 11.6 Å². The quantitative estimate of drug-likeness (QED) is 0.875.